The fourth-order valence-electron chi connectivity index (χ4n) is 3.55. The Morgan fingerprint density at radius 3 is 2.52 bits per heavy atom. The summed E-state index contributed by atoms with van der Waals surface area (Å²) in [5.74, 6) is 0. The second-order valence-corrected chi connectivity index (χ2v) is 9.59. The van der Waals surface area contributed by atoms with Crippen molar-refractivity contribution >= 4 is 21.7 Å². The number of sulfonamides is 1. The van der Waals surface area contributed by atoms with E-state index in [9.17, 15) is 13.2 Å². The van der Waals surface area contributed by atoms with E-state index in [1.165, 1.54) is 16.1 Å². The SMILES string of the molecule is CN(C)Cc1ccccc1CNC(=O)Nc1cccc2c1CCN(S(C)(=O)=O)C2. The number of nitrogens with zero attached hydrogens (tertiary/aromatic N) is 2. The quantitative estimate of drug-likeness (QED) is 0.758. The van der Waals surface area contributed by atoms with E-state index in [2.05, 4.69) is 21.6 Å². The van der Waals surface area contributed by atoms with Crippen molar-refractivity contribution in [3.8, 4) is 0 Å². The molecule has 1 heterocycles. The molecule has 2 aromatic carbocycles. The van der Waals surface area contributed by atoms with Gasteiger partial charge in [0, 0.05) is 31.9 Å². The standard InChI is InChI=1S/C21H28N4O3S/c1-24(2)14-17-8-5-4-7-16(17)13-22-21(26)23-20-10-6-9-18-15-25(29(3,27)28)12-11-19(18)20/h4-10H,11-15H2,1-3H3,(H2,22,23,26). The van der Waals surface area contributed by atoms with Gasteiger partial charge in [0.2, 0.25) is 10.0 Å². The van der Waals surface area contributed by atoms with Crippen LogP contribution in [0.5, 0.6) is 0 Å². The van der Waals surface area contributed by atoms with Crippen LogP contribution in [0.2, 0.25) is 0 Å². The van der Waals surface area contributed by atoms with E-state index in [0.717, 1.165) is 28.9 Å². The van der Waals surface area contributed by atoms with Crippen molar-refractivity contribution in [1.29, 1.82) is 0 Å². The molecule has 0 fully saturated rings. The molecule has 2 aromatic rings. The van der Waals surface area contributed by atoms with Crippen molar-refractivity contribution in [3.05, 3.63) is 64.7 Å². The van der Waals surface area contributed by atoms with Gasteiger partial charge in [-0.15, -0.1) is 0 Å². The molecule has 0 bridgehead atoms. The molecule has 1 aliphatic rings. The number of fused-ring (bicyclic) bond motifs is 1. The highest BCUT2D eigenvalue weighted by atomic mass is 32.2. The van der Waals surface area contributed by atoms with E-state index in [1.807, 2.05) is 50.5 Å². The van der Waals surface area contributed by atoms with Crippen molar-refractivity contribution in [1.82, 2.24) is 14.5 Å². The van der Waals surface area contributed by atoms with Gasteiger partial charge >= 0.3 is 6.03 Å². The Labute approximate surface area is 172 Å². The topological polar surface area (TPSA) is 81.8 Å². The van der Waals surface area contributed by atoms with Crippen LogP contribution in [0.25, 0.3) is 0 Å². The van der Waals surface area contributed by atoms with Crippen LogP contribution in [-0.2, 0) is 36.1 Å². The highest BCUT2D eigenvalue weighted by molar-refractivity contribution is 7.88. The van der Waals surface area contributed by atoms with Gasteiger partial charge in [-0.2, -0.15) is 4.31 Å². The second-order valence-electron chi connectivity index (χ2n) is 7.60. The summed E-state index contributed by atoms with van der Waals surface area (Å²) < 4.78 is 25.1. The summed E-state index contributed by atoms with van der Waals surface area (Å²) in [6.45, 7) is 2.00. The highest BCUT2D eigenvalue weighted by Gasteiger charge is 2.24. The molecule has 0 unspecified atom stereocenters. The largest absolute Gasteiger partial charge is 0.334 e. The first kappa shape index (κ1) is 21.3. The third-order valence-electron chi connectivity index (χ3n) is 4.99. The summed E-state index contributed by atoms with van der Waals surface area (Å²) in [5, 5.41) is 5.85. The van der Waals surface area contributed by atoms with Crippen molar-refractivity contribution in [2.24, 2.45) is 0 Å². The van der Waals surface area contributed by atoms with Gasteiger partial charge in [-0.25, -0.2) is 13.2 Å². The number of carbonyl (C=O) groups excluding carboxylic acids is 1. The number of urea groups is 1. The predicted molar refractivity (Wildman–Crippen MR) is 115 cm³/mol. The monoisotopic (exact) mass is 416 g/mol. The van der Waals surface area contributed by atoms with E-state index in [4.69, 9.17) is 0 Å². The van der Waals surface area contributed by atoms with Gasteiger partial charge in [-0.1, -0.05) is 36.4 Å². The maximum Gasteiger partial charge on any atom is 0.319 e. The maximum atomic E-state index is 12.5. The van der Waals surface area contributed by atoms with Gasteiger partial charge < -0.3 is 15.5 Å². The molecule has 0 saturated carbocycles. The molecule has 0 spiro atoms. The van der Waals surface area contributed by atoms with Crippen LogP contribution in [0.4, 0.5) is 10.5 Å². The molecule has 0 saturated heterocycles. The summed E-state index contributed by atoms with van der Waals surface area (Å²) in [6.07, 6.45) is 1.80. The van der Waals surface area contributed by atoms with Crippen LogP contribution < -0.4 is 10.6 Å². The average Bonchev–Trinajstić information content (AvgIpc) is 2.66. The molecule has 0 aliphatic carbocycles. The van der Waals surface area contributed by atoms with E-state index in [-0.39, 0.29) is 6.03 Å². The zero-order valence-electron chi connectivity index (χ0n) is 17.1. The second kappa shape index (κ2) is 8.94. The first-order valence-corrected chi connectivity index (χ1v) is 11.4. The lowest BCUT2D eigenvalue weighted by Gasteiger charge is -2.28. The molecule has 2 amide bonds. The zero-order chi connectivity index (χ0) is 21.0. The molecule has 2 N–H and O–H groups in total. The fourth-order valence-corrected chi connectivity index (χ4v) is 4.35. The number of hydrogen-bond acceptors (Lipinski definition) is 4. The normalized spacial score (nSPS) is 14.5. The molecule has 3 rings (SSSR count). The van der Waals surface area contributed by atoms with Gasteiger partial charge in [-0.05, 0) is 48.8 Å². The lowest BCUT2D eigenvalue weighted by Crippen LogP contribution is -2.36. The number of anilines is 1. The van der Waals surface area contributed by atoms with Crippen LogP contribution in [0, 0.1) is 0 Å². The minimum atomic E-state index is -3.23. The lowest BCUT2D eigenvalue weighted by atomic mass is 9.99. The molecule has 1 aliphatic heterocycles. The Kier molecular flexibility index (Phi) is 6.56. The summed E-state index contributed by atoms with van der Waals surface area (Å²) in [5.41, 5.74) is 4.91. The number of hydrogen-bond donors (Lipinski definition) is 2. The number of amides is 2. The third kappa shape index (κ3) is 5.56. The number of nitrogens with one attached hydrogen (secondary N) is 2. The Bertz CT molecular complexity index is 989. The van der Waals surface area contributed by atoms with E-state index in [1.54, 1.807) is 0 Å². The Hall–Kier alpha value is -2.42. The van der Waals surface area contributed by atoms with Crippen molar-refractivity contribution in [3.63, 3.8) is 0 Å². The fraction of sp³-hybridized carbons (Fsp3) is 0.381. The molecule has 0 aromatic heterocycles. The van der Waals surface area contributed by atoms with Crippen LogP contribution in [0.1, 0.15) is 22.3 Å². The minimum absolute atomic E-state index is 0.274. The Balaban J connectivity index is 1.66. The van der Waals surface area contributed by atoms with Crippen molar-refractivity contribution in [2.75, 3.05) is 32.2 Å². The Morgan fingerprint density at radius 1 is 1.10 bits per heavy atom. The smallest absolute Gasteiger partial charge is 0.319 e. The van der Waals surface area contributed by atoms with E-state index < -0.39 is 10.0 Å². The van der Waals surface area contributed by atoms with Crippen molar-refractivity contribution in [2.45, 2.75) is 26.1 Å². The van der Waals surface area contributed by atoms with Gasteiger partial charge in [0.05, 0.1) is 6.26 Å². The summed E-state index contributed by atoms with van der Waals surface area (Å²) in [4.78, 5) is 14.6. The summed E-state index contributed by atoms with van der Waals surface area (Å²) in [6, 6.07) is 13.4. The van der Waals surface area contributed by atoms with Crippen LogP contribution in [0.15, 0.2) is 42.5 Å². The molecule has 29 heavy (non-hydrogen) atoms. The molecule has 0 atom stereocenters. The number of rotatable bonds is 6. The maximum absolute atomic E-state index is 12.5. The van der Waals surface area contributed by atoms with Crippen molar-refractivity contribution < 1.29 is 13.2 Å². The first-order chi connectivity index (χ1) is 13.7. The molecule has 156 valence electrons. The first-order valence-electron chi connectivity index (χ1n) is 9.56. The van der Waals surface area contributed by atoms with E-state index >= 15 is 0 Å². The van der Waals surface area contributed by atoms with E-state index in [0.29, 0.717) is 26.1 Å². The zero-order valence-corrected chi connectivity index (χ0v) is 17.9. The highest BCUT2D eigenvalue weighted by Crippen LogP contribution is 2.27. The number of benzene rings is 2. The molecule has 0 radical (unpaired) electrons. The molecule has 8 heteroatoms. The van der Waals surface area contributed by atoms with Gasteiger partial charge in [0.25, 0.3) is 0 Å². The predicted octanol–water partition coefficient (Wildman–Crippen LogP) is 2.39. The van der Waals surface area contributed by atoms with Gasteiger partial charge in [0.15, 0.2) is 0 Å². The number of carbonyl (C=O) groups is 1. The van der Waals surface area contributed by atoms with Crippen LogP contribution >= 0.6 is 0 Å². The molecule has 7 nitrogen and oxygen atoms in total. The lowest BCUT2D eigenvalue weighted by molar-refractivity contribution is 0.251. The average molecular weight is 417 g/mol. The van der Waals surface area contributed by atoms with Gasteiger partial charge in [0.1, 0.15) is 0 Å². The molecular weight excluding hydrogens is 388 g/mol. The Morgan fingerprint density at radius 2 is 1.83 bits per heavy atom. The minimum Gasteiger partial charge on any atom is -0.334 e. The molecular formula is C21H28N4O3S. The van der Waals surface area contributed by atoms with Gasteiger partial charge in [-0.3, -0.25) is 0 Å². The van der Waals surface area contributed by atoms with Crippen LogP contribution in [0.3, 0.4) is 0 Å². The summed E-state index contributed by atoms with van der Waals surface area (Å²) in [7, 11) is 0.802. The summed E-state index contributed by atoms with van der Waals surface area (Å²) >= 11 is 0. The third-order valence-corrected chi connectivity index (χ3v) is 6.24. The van der Waals surface area contributed by atoms with Crippen LogP contribution in [-0.4, -0.2) is 50.5 Å².